The maximum Gasteiger partial charge on any atom is 0.128 e. The lowest BCUT2D eigenvalue weighted by Gasteiger charge is -2.45. The SMILES string of the molecule is CCCC[N+](CCCC)(CCCC)CC[N+](CCCC)(CCCC)CCCC.[Cl-].[Cl-]. The zero-order valence-corrected chi connectivity index (χ0v) is 23.3. The lowest BCUT2D eigenvalue weighted by molar-refractivity contribution is -0.981. The second kappa shape index (κ2) is 22.7. The smallest absolute Gasteiger partial charge is 0.128 e. The monoisotopic (exact) mass is 468 g/mol. The molecule has 0 atom stereocenters. The van der Waals surface area contributed by atoms with Gasteiger partial charge in [0.25, 0.3) is 0 Å². The van der Waals surface area contributed by atoms with Gasteiger partial charge in [-0.15, -0.1) is 0 Å². The van der Waals surface area contributed by atoms with Crippen molar-refractivity contribution < 1.29 is 33.8 Å². The van der Waals surface area contributed by atoms with E-state index in [-0.39, 0.29) is 24.8 Å². The third-order valence-electron chi connectivity index (χ3n) is 6.96. The van der Waals surface area contributed by atoms with Gasteiger partial charge in [-0.3, -0.25) is 0 Å². The molecule has 0 radical (unpaired) electrons. The third kappa shape index (κ3) is 15.3. The van der Waals surface area contributed by atoms with E-state index in [2.05, 4.69) is 41.5 Å². The number of unbranched alkanes of at least 4 members (excludes halogenated alkanes) is 6. The molecule has 0 amide bonds. The number of hydrogen-bond acceptors (Lipinski definition) is 0. The molecule has 0 fully saturated rings. The molecule has 30 heavy (non-hydrogen) atoms. The summed E-state index contributed by atoms with van der Waals surface area (Å²) in [5, 5.41) is 0. The van der Waals surface area contributed by atoms with Gasteiger partial charge in [0.05, 0.1) is 39.3 Å². The van der Waals surface area contributed by atoms with E-state index in [1.807, 2.05) is 0 Å². The van der Waals surface area contributed by atoms with Crippen LogP contribution in [0.2, 0.25) is 0 Å². The van der Waals surface area contributed by atoms with E-state index < -0.39 is 0 Å². The molecule has 0 bridgehead atoms. The Morgan fingerprint density at radius 2 is 0.467 bits per heavy atom. The summed E-state index contributed by atoms with van der Waals surface area (Å²) in [6.45, 7) is 25.6. The number of hydrogen-bond donors (Lipinski definition) is 0. The zero-order valence-electron chi connectivity index (χ0n) is 21.8. The van der Waals surface area contributed by atoms with Crippen LogP contribution in [0.1, 0.15) is 119 Å². The molecule has 0 N–H and O–H groups in total. The van der Waals surface area contributed by atoms with Crippen LogP contribution in [0.15, 0.2) is 0 Å². The Kier molecular flexibility index (Phi) is 26.5. The van der Waals surface area contributed by atoms with Crippen molar-refractivity contribution in [1.82, 2.24) is 0 Å². The molecule has 0 spiro atoms. The Hall–Kier alpha value is 0.500. The van der Waals surface area contributed by atoms with Crippen LogP contribution in [-0.4, -0.2) is 61.3 Å². The average molecular weight is 470 g/mol. The van der Waals surface area contributed by atoms with Crippen molar-refractivity contribution in [3.63, 3.8) is 0 Å². The van der Waals surface area contributed by atoms with Gasteiger partial charge in [-0.05, 0) is 38.5 Å². The Bertz CT molecular complexity index is 261. The van der Waals surface area contributed by atoms with Gasteiger partial charge in [0, 0.05) is 0 Å². The molecule has 0 aliphatic heterocycles. The Morgan fingerprint density at radius 1 is 0.300 bits per heavy atom. The maximum atomic E-state index is 2.37. The van der Waals surface area contributed by atoms with E-state index in [1.54, 1.807) is 0 Å². The Balaban J connectivity index is -0.00000364. The van der Waals surface area contributed by atoms with Crippen LogP contribution in [0, 0.1) is 0 Å². The molecule has 0 saturated carbocycles. The summed E-state index contributed by atoms with van der Waals surface area (Å²) < 4.78 is 2.83. The highest BCUT2D eigenvalue weighted by atomic mass is 35.5. The molecule has 186 valence electrons. The van der Waals surface area contributed by atoms with E-state index in [0.29, 0.717) is 0 Å². The van der Waals surface area contributed by atoms with E-state index >= 15 is 0 Å². The van der Waals surface area contributed by atoms with Crippen molar-refractivity contribution in [1.29, 1.82) is 0 Å². The maximum absolute atomic E-state index is 2.37. The summed E-state index contributed by atoms with van der Waals surface area (Å²) >= 11 is 0. The van der Waals surface area contributed by atoms with Crippen LogP contribution in [0.5, 0.6) is 0 Å². The first-order valence-electron chi connectivity index (χ1n) is 13.3. The quantitative estimate of drug-likeness (QED) is 0.223. The summed E-state index contributed by atoms with van der Waals surface area (Å²) in [7, 11) is 0. The van der Waals surface area contributed by atoms with Crippen LogP contribution in [0.4, 0.5) is 0 Å². The van der Waals surface area contributed by atoms with Gasteiger partial charge in [-0.25, -0.2) is 0 Å². The van der Waals surface area contributed by atoms with Gasteiger partial charge in [0.2, 0.25) is 0 Å². The Morgan fingerprint density at radius 3 is 0.600 bits per heavy atom. The molecule has 0 aliphatic carbocycles. The molecular weight excluding hydrogens is 411 g/mol. The second-order valence-corrected chi connectivity index (χ2v) is 9.59. The molecule has 0 aromatic carbocycles. The highest BCUT2D eigenvalue weighted by Crippen LogP contribution is 2.20. The average Bonchev–Trinajstić information content (AvgIpc) is 2.73. The van der Waals surface area contributed by atoms with E-state index in [4.69, 9.17) is 0 Å². The first-order valence-corrected chi connectivity index (χ1v) is 13.3. The van der Waals surface area contributed by atoms with Crippen LogP contribution in [-0.2, 0) is 0 Å². The van der Waals surface area contributed by atoms with E-state index in [0.717, 1.165) is 0 Å². The van der Waals surface area contributed by atoms with Crippen molar-refractivity contribution in [2.75, 3.05) is 52.4 Å². The zero-order chi connectivity index (χ0) is 21.1. The summed E-state index contributed by atoms with van der Waals surface area (Å²) in [4.78, 5) is 0. The van der Waals surface area contributed by atoms with Gasteiger partial charge < -0.3 is 33.8 Å². The third-order valence-corrected chi connectivity index (χ3v) is 6.96. The van der Waals surface area contributed by atoms with Crippen LogP contribution in [0.3, 0.4) is 0 Å². The molecular formula is C26H58Cl2N2. The Labute approximate surface area is 204 Å². The molecule has 0 heterocycles. The number of nitrogens with zero attached hydrogens (tertiary/aromatic N) is 2. The number of halogens is 2. The summed E-state index contributed by atoms with van der Waals surface area (Å²) in [5.41, 5.74) is 0. The standard InChI is InChI=1S/C26H58N2.2ClH/c1-7-13-19-27(20-14-8-2,21-15-9-3)25-26-28(22-16-10-4,23-17-11-5)24-18-12-6;;/h7-26H2,1-6H3;2*1H/q+2;;/p-2. The normalized spacial score (nSPS) is 11.8. The fraction of sp³-hybridized carbons (Fsp3) is 1.00. The van der Waals surface area contributed by atoms with E-state index in [1.165, 1.54) is 138 Å². The predicted molar refractivity (Wildman–Crippen MR) is 129 cm³/mol. The second-order valence-electron chi connectivity index (χ2n) is 9.59. The first-order chi connectivity index (χ1) is 13.6. The minimum atomic E-state index is 0. The van der Waals surface area contributed by atoms with Gasteiger partial charge in [0.15, 0.2) is 0 Å². The summed E-state index contributed by atoms with van der Waals surface area (Å²) in [6.07, 6.45) is 16.5. The number of rotatable bonds is 21. The van der Waals surface area contributed by atoms with Crippen molar-refractivity contribution >= 4 is 0 Å². The minimum absolute atomic E-state index is 0. The largest absolute Gasteiger partial charge is 1.00 e. The van der Waals surface area contributed by atoms with Crippen molar-refractivity contribution in [2.24, 2.45) is 0 Å². The van der Waals surface area contributed by atoms with Gasteiger partial charge in [-0.2, -0.15) is 0 Å². The molecule has 0 saturated heterocycles. The van der Waals surface area contributed by atoms with Crippen molar-refractivity contribution in [2.45, 2.75) is 119 Å². The van der Waals surface area contributed by atoms with Gasteiger partial charge in [0.1, 0.15) is 13.1 Å². The fourth-order valence-electron chi connectivity index (χ4n) is 4.73. The fourth-order valence-corrected chi connectivity index (χ4v) is 4.73. The van der Waals surface area contributed by atoms with Crippen LogP contribution < -0.4 is 24.8 Å². The highest BCUT2D eigenvalue weighted by Gasteiger charge is 2.33. The van der Waals surface area contributed by atoms with Crippen LogP contribution in [0.25, 0.3) is 0 Å². The van der Waals surface area contributed by atoms with Crippen molar-refractivity contribution in [3.8, 4) is 0 Å². The lowest BCUT2D eigenvalue weighted by Crippen LogP contribution is -3.00. The molecule has 4 heteroatoms. The summed E-state index contributed by atoms with van der Waals surface area (Å²) in [6, 6.07) is 0. The molecule has 0 aromatic heterocycles. The van der Waals surface area contributed by atoms with Crippen LogP contribution >= 0.6 is 0 Å². The lowest BCUT2D eigenvalue weighted by atomic mass is 10.1. The minimum Gasteiger partial charge on any atom is -1.00 e. The van der Waals surface area contributed by atoms with E-state index in [9.17, 15) is 0 Å². The highest BCUT2D eigenvalue weighted by molar-refractivity contribution is 4.53. The summed E-state index contributed by atoms with van der Waals surface area (Å²) in [5.74, 6) is 0. The molecule has 0 aromatic rings. The predicted octanol–water partition coefficient (Wildman–Crippen LogP) is 1.43. The first kappa shape index (κ1) is 35.1. The number of quaternary nitrogens is 2. The molecule has 0 unspecified atom stereocenters. The van der Waals surface area contributed by atoms with Gasteiger partial charge in [-0.1, -0.05) is 80.1 Å². The van der Waals surface area contributed by atoms with Crippen molar-refractivity contribution in [3.05, 3.63) is 0 Å². The molecule has 2 nitrogen and oxygen atoms in total. The molecule has 0 aliphatic rings. The molecule has 0 rings (SSSR count). The van der Waals surface area contributed by atoms with Gasteiger partial charge >= 0.3 is 0 Å². The topological polar surface area (TPSA) is 0 Å².